The molecule has 0 saturated heterocycles. The SMILES string of the molecule is CCCCCCCCCCCC[N+](C)(C)CCCCCCCCCCCC.CCCCCCCCOP(=O)([O-])OCCCCCCCC. The summed E-state index contributed by atoms with van der Waals surface area (Å²) in [6.07, 6.45) is 42.3. The van der Waals surface area contributed by atoms with E-state index in [-0.39, 0.29) is 13.2 Å². The summed E-state index contributed by atoms with van der Waals surface area (Å²) in [5, 5.41) is 0. The highest BCUT2D eigenvalue weighted by atomic mass is 31.2. The molecule has 0 aromatic heterocycles. The Bertz CT molecular complexity index is 597. The number of hydrogen-bond acceptors (Lipinski definition) is 4. The fourth-order valence-corrected chi connectivity index (χ4v) is 7.10. The highest BCUT2D eigenvalue weighted by molar-refractivity contribution is 7.45. The van der Waals surface area contributed by atoms with Crippen LogP contribution in [0, 0.1) is 0 Å². The van der Waals surface area contributed by atoms with E-state index in [1.54, 1.807) is 0 Å². The van der Waals surface area contributed by atoms with Gasteiger partial charge in [0.2, 0.25) is 0 Å². The average molecular weight is 704 g/mol. The lowest BCUT2D eigenvalue weighted by Crippen LogP contribution is -2.41. The predicted molar refractivity (Wildman–Crippen MR) is 212 cm³/mol. The van der Waals surface area contributed by atoms with Crippen molar-refractivity contribution < 1.29 is 23.0 Å². The molecule has 0 heterocycles. The number of quaternary nitrogens is 1. The smallest absolute Gasteiger partial charge is 0.267 e. The maximum atomic E-state index is 11.5. The molecule has 0 aromatic rings. The predicted octanol–water partition coefficient (Wildman–Crippen LogP) is 14.1. The molecule has 0 rings (SSSR count). The van der Waals surface area contributed by atoms with Gasteiger partial charge in [0.05, 0.1) is 40.4 Å². The van der Waals surface area contributed by atoms with Crippen molar-refractivity contribution in [1.29, 1.82) is 0 Å². The number of phosphoric acid groups is 1. The molecule has 0 aliphatic carbocycles. The number of unbranched alkanes of at least 4 members (excludes halogenated alkanes) is 28. The number of hydrogen-bond donors (Lipinski definition) is 0. The van der Waals surface area contributed by atoms with Gasteiger partial charge in [-0.25, -0.2) is 0 Å². The van der Waals surface area contributed by atoms with E-state index in [0.717, 1.165) is 38.5 Å². The van der Waals surface area contributed by atoms with Crippen molar-refractivity contribution in [3.05, 3.63) is 0 Å². The van der Waals surface area contributed by atoms with Gasteiger partial charge in [0, 0.05) is 0 Å². The second kappa shape index (κ2) is 39.8. The van der Waals surface area contributed by atoms with E-state index in [2.05, 4.69) is 41.8 Å². The van der Waals surface area contributed by atoms with Crippen LogP contribution in [0.1, 0.15) is 233 Å². The third-order valence-electron chi connectivity index (χ3n) is 9.73. The third-order valence-corrected chi connectivity index (χ3v) is 10.7. The Morgan fingerprint density at radius 1 is 0.375 bits per heavy atom. The topological polar surface area (TPSA) is 58.6 Å². The molecule has 0 amide bonds. The van der Waals surface area contributed by atoms with E-state index in [1.807, 2.05) is 0 Å². The molecular formula is C42H90NO4P. The van der Waals surface area contributed by atoms with Crippen molar-refractivity contribution in [1.82, 2.24) is 0 Å². The molecule has 5 nitrogen and oxygen atoms in total. The average Bonchev–Trinajstić information content (AvgIpc) is 3.06. The first-order chi connectivity index (χ1) is 23.2. The zero-order valence-electron chi connectivity index (χ0n) is 34.0. The van der Waals surface area contributed by atoms with Crippen LogP contribution in [0.15, 0.2) is 0 Å². The van der Waals surface area contributed by atoms with E-state index >= 15 is 0 Å². The molecule has 0 atom stereocenters. The van der Waals surface area contributed by atoms with Crippen molar-refractivity contribution in [3.8, 4) is 0 Å². The van der Waals surface area contributed by atoms with Crippen LogP contribution in [0.2, 0.25) is 0 Å². The van der Waals surface area contributed by atoms with E-state index in [4.69, 9.17) is 9.05 Å². The summed E-state index contributed by atoms with van der Waals surface area (Å²) >= 11 is 0. The molecule has 0 aromatic carbocycles. The molecule has 0 spiro atoms. The summed E-state index contributed by atoms with van der Waals surface area (Å²) in [4.78, 5) is 11.5. The minimum absolute atomic E-state index is 0.253. The van der Waals surface area contributed by atoms with E-state index in [9.17, 15) is 9.46 Å². The van der Waals surface area contributed by atoms with Crippen LogP contribution in [0.25, 0.3) is 0 Å². The highest BCUT2D eigenvalue weighted by Gasteiger charge is 2.13. The minimum Gasteiger partial charge on any atom is -0.756 e. The molecule has 48 heavy (non-hydrogen) atoms. The van der Waals surface area contributed by atoms with Gasteiger partial charge >= 0.3 is 0 Å². The molecule has 0 radical (unpaired) electrons. The van der Waals surface area contributed by atoms with Crippen LogP contribution in [-0.2, 0) is 13.6 Å². The van der Waals surface area contributed by atoms with Crippen LogP contribution in [0.5, 0.6) is 0 Å². The van der Waals surface area contributed by atoms with Crippen molar-refractivity contribution >= 4 is 7.82 Å². The van der Waals surface area contributed by atoms with Crippen molar-refractivity contribution in [2.45, 2.75) is 233 Å². The first-order valence-electron chi connectivity index (χ1n) is 21.7. The zero-order chi connectivity index (χ0) is 35.9. The van der Waals surface area contributed by atoms with Gasteiger partial charge in [0.15, 0.2) is 0 Å². The molecule has 0 N–H and O–H groups in total. The number of rotatable bonds is 38. The Morgan fingerprint density at radius 3 is 0.833 bits per heavy atom. The molecule has 6 heteroatoms. The molecule has 0 bridgehead atoms. The lowest BCUT2D eigenvalue weighted by atomic mass is 10.1. The third kappa shape index (κ3) is 44.1. The summed E-state index contributed by atoms with van der Waals surface area (Å²) in [5.74, 6) is 0. The van der Waals surface area contributed by atoms with Gasteiger partial charge in [-0.1, -0.05) is 195 Å². The largest absolute Gasteiger partial charge is 0.756 e. The summed E-state index contributed by atoms with van der Waals surface area (Å²) in [7, 11) is 0.827. The molecule has 0 aliphatic heterocycles. The van der Waals surface area contributed by atoms with Crippen LogP contribution in [-0.4, -0.2) is 44.9 Å². The van der Waals surface area contributed by atoms with Gasteiger partial charge in [-0.3, -0.25) is 4.57 Å². The van der Waals surface area contributed by atoms with E-state index in [1.165, 1.54) is 185 Å². The fraction of sp³-hybridized carbons (Fsp3) is 1.00. The molecule has 0 unspecified atom stereocenters. The van der Waals surface area contributed by atoms with Gasteiger partial charge < -0.3 is 18.4 Å². The maximum Gasteiger partial charge on any atom is 0.267 e. The lowest BCUT2D eigenvalue weighted by Gasteiger charge is -2.30. The highest BCUT2D eigenvalue weighted by Crippen LogP contribution is 2.38. The maximum absolute atomic E-state index is 11.5. The second-order valence-electron chi connectivity index (χ2n) is 15.4. The summed E-state index contributed by atoms with van der Waals surface area (Å²) < 4.78 is 22.4. The standard InChI is InChI=1S/C26H56N.C16H35O4P/c1-5-7-9-11-13-15-17-19-21-23-25-27(3,4)26-24-22-20-18-16-14-12-10-8-6-2;1-3-5-7-9-11-13-15-19-21(17,18)20-16-14-12-10-8-6-4-2/h5-26H2,1-4H3;3-16H2,1-2H3,(H,17,18)/q+1;/p-1. The van der Waals surface area contributed by atoms with Crippen molar-refractivity contribution in [2.24, 2.45) is 0 Å². The van der Waals surface area contributed by atoms with E-state index in [0.29, 0.717) is 0 Å². The summed E-state index contributed by atoms with van der Waals surface area (Å²) in [6.45, 7) is 12.2. The van der Waals surface area contributed by atoms with Crippen LogP contribution < -0.4 is 4.89 Å². The second-order valence-corrected chi connectivity index (χ2v) is 16.8. The van der Waals surface area contributed by atoms with Crippen LogP contribution in [0.3, 0.4) is 0 Å². The Hall–Kier alpha value is 0.0700. The Kier molecular flexibility index (Phi) is 41.7. The van der Waals surface area contributed by atoms with Crippen molar-refractivity contribution in [2.75, 3.05) is 40.4 Å². The Balaban J connectivity index is 0. The quantitative estimate of drug-likeness (QED) is 0.0365. The Labute approximate surface area is 303 Å². The van der Waals surface area contributed by atoms with Gasteiger partial charge in [-0.15, -0.1) is 0 Å². The minimum atomic E-state index is -4.07. The summed E-state index contributed by atoms with van der Waals surface area (Å²) in [5.41, 5.74) is 0. The summed E-state index contributed by atoms with van der Waals surface area (Å²) in [6, 6.07) is 0. The monoisotopic (exact) mass is 704 g/mol. The first kappa shape index (κ1) is 50.2. The Morgan fingerprint density at radius 2 is 0.583 bits per heavy atom. The van der Waals surface area contributed by atoms with Gasteiger partial charge in [0.25, 0.3) is 7.82 Å². The van der Waals surface area contributed by atoms with Crippen LogP contribution >= 0.6 is 7.82 Å². The molecular weight excluding hydrogens is 613 g/mol. The molecule has 0 aliphatic rings. The number of phosphoric ester groups is 1. The molecule has 0 fully saturated rings. The van der Waals surface area contributed by atoms with Gasteiger partial charge in [0.1, 0.15) is 0 Å². The van der Waals surface area contributed by atoms with Crippen LogP contribution in [0.4, 0.5) is 0 Å². The zero-order valence-corrected chi connectivity index (χ0v) is 34.9. The van der Waals surface area contributed by atoms with Crippen molar-refractivity contribution in [3.63, 3.8) is 0 Å². The van der Waals surface area contributed by atoms with Gasteiger partial charge in [-0.2, -0.15) is 0 Å². The normalized spacial score (nSPS) is 12.0. The molecule has 292 valence electrons. The number of nitrogens with zero attached hydrogens (tertiary/aromatic N) is 1. The lowest BCUT2D eigenvalue weighted by molar-refractivity contribution is -0.890. The fourth-order valence-electron chi connectivity index (χ4n) is 6.32. The first-order valence-corrected chi connectivity index (χ1v) is 23.1. The van der Waals surface area contributed by atoms with Gasteiger partial charge in [-0.05, 0) is 38.5 Å². The van der Waals surface area contributed by atoms with E-state index < -0.39 is 7.82 Å². The molecule has 0 saturated carbocycles.